The van der Waals surface area contributed by atoms with Crippen LogP contribution >= 0.6 is 0 Å². The topological polar surface area (TPSA) is 30.5 Å². The summed E-state index contributed by atoms with van der Waals surface area (Å²) >= 11 is 0. The standard InChI is InChI=1S/C23H25NO2/c1-3-25-21-14-18-11-12-24-23(20(18)15-22(21)26-4-2)19-10-9-16-7-5-6-8-17(16)13-19/h5-10,13-15,23-24H,3-4,11-12H2,1-2H3/t23-/m0/s1. The van der Waals surface area contributed by atoms with Gasteiger partial charge < -0.3 is 14.8 Å². The van der Waals surface area contributed by atoms with Crippen LogP contribution in [0.4, 0.5) is 0 Å². The predicted octanol–water partition coefficient (Wildman–Crippen LogP) is 4.87. The lowest BCUT2D eigenvalue weighted by Crippen LogP contribution is -2.30. The molecule has 3 heteroatoms. The second-order valence-electron chi connectivity index (χ2n) is 6.61. The molecule has 0 aliphatic carbocycles. The van der Waals surface area contributed by atoms with Crippen LogP contribution < -0.4 is 14.8 Å². The fourth-order valence-corrected chi connectivity index (χ4v) is 3.79. The molecule has 0 bridgehead atoms. The van der Waals surface area contributed by atoms with Gasteiger partial charge >= 0.3 is 0 Å². The van der Waals surface area contributed by atoms with Crippen LogP contribution in [0.2, 0.25) is 0 Å². The van der Waals surface area contributed by atoms with Crippen molar-refractivity contribution in [1.82, 2.24) is 5.32 Å². The average Bonchev–Trinajstić information content (AvgIpc) is 2.68. The first-order valence-electron chi connectivity index (χ1n) is 9.44. The van der Waals surface area contributed by atoms with Gasteiger partial charge in [0.15, 0.2) is 11.5 Å². The van der Waals surface area contributed by atoms with Crippen molar-refractivity contribution in [2.24, 2.45) is 0 Å². The Hall–Kier alpha value is -2.52. The molecule has 134 valence electrons. The van der Waals surface area contributed by atoms with Crippen LogP contribution in [0.1, 0.15) is 36.6 Å². The van der Waals surface area contributed by atoms with Crippen LogP contribution in [0.25, 0.3) is 10.8 Å². The highest BCUT2D eigenvalue weighted by Crippen LogP contribution is 2.38. The smallest absolute Gasteiger partial charge is 0.161 e. The molecule has 0 fully saturated rings. The van der Waals surface area contributed by atoms with Gasteiger partial charge in [0.1, 0.15) is 0 Å². The molecule has 0 amide bonds. The lowest BCUT2D eigenvalue weighted by atomic mass is 9.88. The molecule has 1 heterocycles. The molecule has 0 unspecified atom stereocenters. The molecule has 3 aromatic carbocycles. The van der Waals surface area contributed by atoms with Crippen LogP contribution in [-0.4, -0.2) is 19.8 Å². The summed E-state index contributed by atoms with van der Waals surface area (Å²) in [6.45, 7) is 6.25. The first-order chi connectivity index (χ1) is 12.8. The molecule has 4 rings (SSSR count). The molecule has 0 saturated carbocycles. The quantitative estimate of drug-likeness (QED) is 0.714. The van der Waals surface area contributed by atoms with E-state index in [2.05, 4.69) is 59.9 Å². The summed E-state index contributed by atoms with van der Waals surface area (Å²) in [5.41, 5.74) is 3.92. The fourth-order valence-electron chi connectivity index (χ4n) is 3.79. The van der Waals surface area contributed by atoms with Crippen LogP contribution in [0.3, 0.4) is 0 Å². The molecule has 3 nitrogen and oxygen atoms in total. The molecule has 0 aromatic heterocycles. The van der Waals surface area contributed by atoms with E-state index in [1.807, 2.05) is 13.8 Å². The van der Waals surface area contributed by atoms with E-state index in [9.17, 15) is 0 Å². The largest absolute Gasteiger partial charge is 0.490 e. The number of ether oxygens (including phenoxy) is 2. The first-order valence-corrected chi connectivity index (χ1v) is 9.44. The van der Waals surface area contributed by atoms with Crippen LogP contribution in [0, 0.1) is 0 Å². The van der Waals surface area contributed by atoms with Crippen molar-refractivity contribution in [2.75, 3.05) is 19.8 Å². The Morgan fingerprint density at radius 2 is 1.62 bits per heavy atom. The lowest BCUT2D eigenvalue weighted by molar-refractivity contribution is 0.286. The summed E-state index contributed by atoms with van der Waals surface area (Å²) in [4.78, 5) is 0. The normalized spacial score (nSPS) is 16.3. The average molecular weight is 347 g/mol. The van der Waals surface area contributed by atoms with Crippen molar-refractivity contribution in [3.8, 4) is 11.5 Å². The van der Waals surface area contributed by atoms with E-state index in [0.717, 1.165) is 24.5 Å². The SMILES string of the molecule is CCOc1cc2c(cc1OCC)[C@H](c1ccc3ccccc3c1)NCC2. The number of hydrogen-bond acceptors (Lipinski definition) is 3. The summed E-state index contributed by atoms with van der Waals surface area (Å²) < 4.78 is 11.7. The Morgan fingerprint density at radius 1 is 0.885 bits per heavy atom. The Morgan fingerprint density at radius 3 is 2.38 bits per heavy atom. The maximum Gasteiger partial charge on any atom is 0.161 e. The molecule has 0 radical (unpaired) electrons. The minimum absolute atomic E-state index is 0.179. The molecular weight excluding hydrogens is 322 g/mol. The molecule has 0 spiro atoms. The zero-order valence-corrected chi connectivity index (χ0v) is 15.4. The zero-order valence-electron chi connectivity index (χ0n) is 15.4. The third-order valence-electron chi connectivity index (χ3n) is 4.97. The van der Waals surface area contributed by atoms with E-state index >= 15 is 0 Å². The van der Waals surface area contributed by atoms with Gasteiger partial charge in [-0.2, -0.15) is 0 Å². The van der Waals surface area contributed by atoms with Gasteiger partial charge in [0.2, 0.25) is 0 Å². The van der Waals surface area contributed by atoms with Crippen molar-refractivity contribution in [1.29, 1.82) is 0 Å². The van der Waals surface area contributed by atoms with E-state index < -0.39 is 0 Å². The van der Waals surface area contributed by atoms with Gasteiger partial charge in [-0.25, -0.2) is 0 Å². The summed E-state index contributed by atoms with van der Waals surface area (Å²) in [6.07, 6.45) is 1.01. The Balaban J connectivity index is 1.78. The molecule has 3 aromatic rings. The Kier molecular flexibility index (Phi) is 4.81. The summed E-state index contributed by atoms with van der Waals surface area (Å²) in [6, 6.07) is 19.7. The van der Waals surface area contributed by atoms with E-state index in [0.29, 0.717) is 13.2 Å². The van der Waals surface area contributed by atoms with Crippen molar-refractivity contribution in [3.05, 3.63) is 71.3 Å². The van der Waals surface area contributed by atoms with E-state index in [1.165, 1.54) is 27.5 Å². The minimum atomic E-state index is 0.179. The van der Waals surface area contributed by atoms with Gasteiger partial charge in [0.05, 0.1) is 19.3 Å². The maximum atomic E-state index is 5.86. The summed E-state index contributed by atoms with van der Waals surface area (Å²) in [7, 11) is 0. The van der Waals surface area contributed by atoms with E-state index in [1.54, 1.807) is 0 Å². The summed E-state index contributed by atoms with van der Waals surface area (Å²) in [5, 5.41) is 6.23. The lowest BCUT2D eigenvalue weighted by Gasteiger charge is -2.29. The third-order valence-corrected chi connectivity index (χ3v) is 4.97. The highest BCUT2D eigenvalue weighted by molar-refractivity contribution is 5.83. The molecular formula is C23H25NO2. The van der Waals surface area contributed by atoms with Gasteiger partial charge in [-0.15, -0.1) is 0 Å². The predicted molar refractivity (Wildman–Crippen MR) is 106 cm³/mol. The van der Waals surface area contributed by atoms with Crippen molar-refractivity contribution < 1.29 is 9.47 Å². The number of rotatable bonds is 5. The monoisotopic (exact) mass is 347 g/mol. The van der Waals surface area contributed by atoms with Gasteiger partial charge in [-0.05, 0) is 65.9 Å². The highest BCUT2D eigenvalue weighted by atomic mass is 16.5. The number of nitrogens with one attached hydrogen (secondary N) is 1. The summed E-state index contributed by atoms with van der Waals surface area (Å²) in [5.74, 6) is 1.69. The zero-order chi connectivity index (χ0) is 17.9. The molecule has 0 saturated heterocycles. The highest BCUT2D eigenvalue weighted by Gasteiger charge is 2.24. The van der Waals surface area contributed by atoms with Gasteiger partial charge in [-0.1, -0.05) is 36.4 Å². The Bertz CT molecular complexity index is 919. The number of hydrogen-bond donors (Lipinski definition) is 1. The van der Waals surface area contributed by atoms with Crippen LogP contribution in [0.5, 0.6) is 11.5 Å². The van der Waals surface area contributed by atoms with E-state index in [4.69, 9.17) is 9.47 Å². The maximum absolute atomic E-state index is 5.86. The number of benzene rings is 3. The first kappa shape index (κ1) is 16.9. The van der Waals surface area contributed by atoms with Crippen molar-refractivity contribution in [3.63, 3.8) is 0 Å². The second-order valence-corrected chi connectivity index (χ2v) is 6.61. The van der Waals surface area contributed by atoms with Gasteiger partial charge in [0, 0.05) is 6.54 Å². The second kappa shape index (κ2) is 7.38. The van der Waals surface area contributed by atoms with E-state index in [-0.39, 0.29) is 6.04 Å². The van der Waals surface area contributed by atoms with Gasteiger partial charge in [-0.3, -0.25) is 0 Å². The molecule has 1 N–H and O–H groups in total. The number of fused-ring (bicyclic) bond motifs is 2. The Labute approximate surface area is 154 Å². The third kappa shape index (κ3) is 3.15. The van der Waals surface area contributed by atoms with Crippen molar-refractivity contribution >= 4 is 10.8 Å². The van der Waals surface area contributed by atoms with Crippen molar-refractivity contribution in [2.45, 2.75) is 26.3 Å². The van der Waals surface area contributed by atoms with Gasteiger partial charge in [0.25, 0.3) is 0 Å². The minimum Gasteiger partial charge on any atom is -0.490 e. The fraction of sp³-hybridized carbons (Fsp3) is 0.304. The molecule has 1 aliphatic rings. The van der Waals surface area contributed by atoms with Crippen LogP contribution in [-0.2, 0) is 6.42 Å². The van der Waals surface area contributed by atoms with Crippen LogP contribution in [0.15, 0.2) is 54.6 Å². The molecule has 1 aliphatic heterocycles. The molecule has 1 atom stereocenters. The molecule has 26 heavy (non-hydrogen) atoms.